The van der Waals surface area contributed by atoms with Crippen molar-refractivity contribution in [2.75, 3.05) is 0 Å². The van der Waals surface area contributed by atoms with E-state index < -0.39 is 11.1 Å². The number of nitro groups is 1. The number of unbranched alkanes of at least 4 members (excludes halogenated alkanes) is 1. The molecule has 0 amide bonds. The van der Waals surface area contributed by atoms with Crippen LogP contribution in [0.15, 0.2) is 0 Å². The number of nitrogens with zero attached hydrogens (tertiary/aromatic N) is 1. The highest BCUT2D eigenvalue weighted by atomic mass is 32.1. The van der Waals surface area contributed by atoms with Crippen LogP contribution in [-0.4, -0.2) is 16.2 Å². The normalized spacial score (nSPS) is 12.1. The van der Waals surface area contributed by atoms with Gasteiger partial charge in [-0.2, -0.15) is 0 Å². The molecule has 0 aromatic heterocycles. The van der Waals surface area contributed by atoms with Crippen LogP contribution < -0.4 is 11.1 Å². The van der Waals surface area contributed by atoms with Crippen LogP contribution in [-0.2, 0) is 0 Å². The molecule has 12 heavy (non-hydrogen) atoms. The van der Waals surface area contributed by atoms with E-state index in [-0.39, 0.29) is 5.11 Å². The van der Waals surface area contributed by atoms with Gasteiger partial charge in [-0.25, -0.2) is 0 Å². The van der Waals surface area contributed by atoms with Gasteiger partial charge in [0, 0.05) is 11.3 Å². The highest BCUT2D eigenvalue weighted by Crippen LogP contribution is 2.00. The Morgan fingerprint density at radius 2 is 2.42 bits per heavy atom. The van der Waals surface area contributed by atoms with Gasteiger partial charge in [-0.3, -0.25) is 10.1 Å². The summed E-state index contributed by atoms with van der Waals surface area (Å²) in [5.74, 6) is 0. The summed E-state index contributed by atoms with van der Waals surface area (Å²) in [6, 6.07) is 0. The molecule has 70 valence electrons. The van der Waals surface area contributed by atoms with E-state index in [0.717, 1.165) is 12.8 Å². The summed E-state index contributed by atoms with van der Waals surface area (Å²) >= 11 is 4.50. The molecule has 0 aliphatic heterocycles. The molecule has 0 bridgehead atoms. The molecular weight excluding hydrogens is 178 g/mol. The number of rotatable bonds is 5. The van der Waals surface area contributed by atoms with Crippen LogP contribution in [0.1, 0.15) is 26.2 Å². The van der Waals surface area contributed by atoms with Crippen LogP contribution in [0.4, 0.5) is 0 Å². The Morgan fingerprint density at radius 1 is 1.83 bits per heavy atom. The Bertz CT molecular complexity index is 174. The third-order valence-corrected chi connectivity index (χ3v) is 1.51. The summed E-state index contributed by atoms with van der Waals surface area (Å²) in [6.45, 7) is 1.97. The minimum atomic E-state index is -0.831. The monoisotopic (exact) mass is 191 g/mol. The summed E-state index contributed by atoms with van der Waals surface area (Å²) in [4.78, 5) is 9.96. The third-order valence-electron chi connectivity index (χ3n) is 1.39. The second-order valence-electron chi connectivity index (χ2n) is 2.45. The molecule has 1 unspecified atom stereocenters. The number of nitrogens with one attached hydrogen (secondary N) is 1. The first-order valence-electron chi connectivity index (χ1n) is 3.77. The fourth-order valence-corrected chi connectivity index (χ4v) is 0.928. The second kappa shape index (κ2) is 5.70. The average molecular weight is 191 g/mol. The highest BCUT2D eigenvalue weighted by Gasteiger charge is 2.18. The van der Waals surface area contributed by atoms with Crippen molar-refractivity contribution >= 4 is 17.3 Å². The maximum atomic E-state index is 10.4. The summed E-state index contributed by atoms with van der Waals surface area (Å²) in [7, 11) is 0. The molecule has 0 aromatic carbocycles. The molecule has 3 N–H and O–H groups in total. The van der Waals surface area contributed by atoms with Crippen molar-refractivity contribution in [2.45, 2.75) is 32.4 Å². The first-order valence-corrected chi connectivity index (χ1v) is 4.18. The van der Waals surface area contributed by atoms with Crippen LogP contribution in [0.2, 0.25) is 0 Å². The van der Waals surface area contributed by atoms with E-state index in [0.29, 0.717) is 6.42 Å². The number of thiocarbonyl (C=S) groups is 1. The van der Waals surface area contributed by atoms with Gasteiger partial charge < -0.3 is 11.1 Å². The number of hydrogen-bond acceptors (Lipinski definition) is 3. The molecule has 6 heteroatoms. The van der Waals surface area contributed by atoms with Crippen molar-refractivity contribution in [3.05, 3.63) is 10.1 Å². The zero-order chi connectivity index (χ0) is 9.56. The van der Waals surface area contributed by atoms with Crippen molar-refractivity contribution in [1.82, 2.24) is 5.32 Å². The van der Waals surface area contributed by atoms with Gasteiger partial charge in [-0.15, -0.1) is 0 Å². The number of nitrogens with two attached hydrogens (primary N) is 1. The lowest BCUT2D eigenvalue weighted by Gasteiger charge is -2.09. The van der Waals surface area contributed by atoms with E-state index in [1.165, 1.54) is 0 Å². The van der Waals surface area contributed by atoms with E-state index in [1.807, 2.05) is 6.92 Å². The first-order chi connectivity index (χ1) is 5.57. The molecule has 0 aromatic rings. The van der Waals surface area contributed by atoms with E-state index in [4.69, 9.17) is 5.73 Å². The third kappa shape index (κ3) is 4.84. The Balaban J connectivity index is 3.87. The number of hydrogen-bond donors (Lipinski definition) is 2. The van der Waals surface area contributed by atoms with Crippen LogP contribution in [0.5, 0.6) is 0 Å². The van der Waals surface area contributed by atoms with Gasteiger partial charge >= 0.3 is 0 Å². The topological polar surface area (TPSA) is 81.2 Å². The molecule has 0 fully saturated rings. The predicted molar refractivity (Wildman–Crippen MR) is 50.2 cm³/mol. The van der Waals surface area contributed by atoms with Gasteiger partial charge in [-0.1, -0.05) is 13.3 Å². The minimum Gasteiger partial charge on any atom is -0.376 e. The van der Waals surface area contributed by atoms with E-state index in [9.17, 15) is 10.1 Å². The van der Waals surface area contributed by atoms with Gasteiger partial charge in [0.1, 0.15) is 0 Å². The summed E-state index contributed by atoms with van der Waals surface area (Å²) < 4.78 is 0. The molecule has 1 atom stereocenters. The SMILES string of the molecule is CCCCC(NC(N)=S)[N+](=O)[O-]. The predicted octanol–water partition coefficient (Wildman–Crippen LogP) is 0.613. The molecular formula is C6H13N3O2S. The Morgan fingerprint density at radius 3 is 2.75 bits per heavy atom. The molecule has 0 radical (unpaired) electrons. The summed E-state index contributed by atoms with van der Waals surface area (Å²) in [5, 5.41) is 12.8. The largest absolute Gasteiger partial charge is 0.376 e. The van der Waals surface area contributed by atoms with Crippen molar-refractivity contribution in [3.63, 3.8) is 0 Å². The lowest BCUT2D eigenvalue weighted by molar-refractivity contribution is -0.527. The smallest absolute Gasteiger partial charge is 0.286 e. The quantitative estimate of drug-likeness (QED) is 0.288. The van der Waals surface area contributed by atoms with E-state index in [1.54, 1.807) is 0 Å². The standard InChI is InChI=1S/C6H13N3O2S/c1-2-3-4-5(9(10)11)8-6(7)12/h5H,2-4H2,1H3,(H3,7,8,12). The summed E-state index contributed by atoms with van der Waals surface area (Å²) in [6.07, 6.45) is 1.34. The Kier molecular flexibility index (Phi) is 5.27. The molecule has 5 nitrogen and oxygen atoms in total. The Labute approximate surface area is 76.5 Å². The van der Waals surface area contributed by atoms with E-state index >= 15 is 0 Å². The maximum Gasteiger partial charge on any atom is 0.286 e. The first kappa shape index (κ1) is 11.1. The fourth-order valence-electron chi connectivity index (χ4n) is 0.792. The van der Waals surface area contributed by atoms with Gasteiger partial charge in [0.25, 0.3) is 6.17 Å². The zero-order valence-corrected chi connectivity index (χ0v) is 7.76. The van der Waals surface area contributed by atoms with Crippen LogP contribution in [0.25, 0.3) is 0 Å². The van der Waals surface area contributed by atoms with Crippen molar-refractivity contribution in [2.24, 2.45) is 5.73 Å². The van der Waals surface area contributed by atoms with Gasteiger partial charge in [-0.05, 0) is 18.6 Å². The van der Waals surface area contributed by atoms with E-state index in [2.05, 4.69) is 17.5 Å². The summed E-state index contributed by atoms with van der Waals surface area (Å²) in [5.41, 5.74) is 5.12. The van der Waals surface area contributed by atoms with Crippen LogP contribution in [0, 0.1) is 10.1 Å². The van der Waals surface area contributed by atoms with Crippen molar-refractivity contribution in [1.29, 1.82) is 0 Å². The molecule has 0 aliphatic rings. The van der Waals surface area contributed by atoms with Gasteiger partial charge in [0.2, 0.25) is 0 Å². The maximum absolute atomic E-state index is 10.4. The fraction of sp³-hybridized carbons (Fsp3) is 0.833. The van der Waals surface area contributed by atoms with Crippen LogP contribution >= 0.6 is 12.2 Å². The second-order valence-corrected chi connectivity index (χ2v) is 2.89. The molecule has 0 heterocycles. The molecule has 0 aliphatic carbocycles. The lowest BCUT2D eigenvalue weighted by atomic mass is 10.2. The Hall–Kier alpha value is -0.910. The zero-order valence-electron chi connectivity index (χ0n) is 6.95. The average Bonchev–Trinajstić information content (AvgIpc) is 1.96. The molecule has 0 saturated carbocycles. The molecule has 0 saturated heterocycles. The lowest BCUT2D eigenvalue weighted by Crippen LogP contribution is -2.43. The van der Waals surface area contributed by atoms with Crippen molar-refractivity contribution < 1.29 is 4.92 Å². The van der Waals surface area contributed by atoms with Gasteiger partial charge in [0.05, 0.1) is 0 Å². The minimum absolute atomic E-state index is 0.0206. The highest BCUT2D eigenvalue weighted by molar-refractivity contribution is 7.80. The van der Waals surface area contributed by atoms with Crippen LogP contribution in [0.3, 0.4) is 0 Å². The van der Waals surface area contributed by atoms with Gasteiger partial charge in [0.15, 0.2) is 5.11 Å². The van der Waals surface area contributed by atoms with Crippen molar-refractivity contribution in [3.8, 4) is 0 Å². The molecule has 0 spiro atoms. The molecule has 0 rings (SSSR count).